The number of rotatable bonds is 7. The second kappa shape index (κ2) is 7.24. The van der Waals surface area contributed by atoms with Gasteiger partial charge >= 0.3 is 0 Å². The van der Waals surface area contributed by atoms with Gasteiger partial charge in [0.2, 0.25) is 0 Å². The van der Waals surface area contributed by atoms with E-state index in [0.29, 0.717) is 12.1 Å². The van der Waals surface area contributed by atoms with Crippen molar-refractivity contribution in [1.82, 2.24) is 5.32 Å². The molecule has 1 heterocycles. The Bertz CT molecular complexity index is 155. The Kier molecular flexibility index (Phi) is 6.26. The van der Waals surface area contributed by atoms with Crippen LogP contribution >= 0.6 is 0 Å². The van der Waals surface area contributed by atoms with Crippen LogP contribution < -0.4 is 5.32 Å². The molecule has 0 spiro atoms. The van der Waals surface area contributed by atoms with Gasteiger partial charge in [0, 0.05) is 12.6 Å². The summed E-state index contributed by atoms with van der Waals surface area (Å²) in [6.07, 6.45) is 6.90. The molecule has 0 aliphatic carbocycles. The molecule has 0 saturated carbocycles. The first kappa shape index (κ1) is 13.0. The monoisotopic (exact) mass is 213 g/mol. The van der Waals surface area contributed by atoms with E-state index in [1.165, 1.54) is 32.1 Å². The summed E-state index contributed by atoms with van der Waals surface area (Å²) in [6.45, 7) is 8.91. The van der Waals surface area contributed by atoms with E-state index in [2.05, 4.69) is 26.1 Å². The molecule has 1 saturated heterocycles. The molecule has 1 fully saturated rings. The molecule has 2 nitrogen and oxygen atoms in total. The highest BCUT2D eigenvalue weighted by atomic mass is 16.5. The number of nitrogens with one attached hydrogen (secondary N) is 1. The minimum absolute atomic E-state index is 0.562. The van der Waals surface area contributed by atoms with Gasteiger partial charge in [-0.25, -0.2) is 0 Å². The van der Waals surface area contributed by atoms with Gasteiger partial charge in [-0.15, -0.1) is 0 Å². The van der Waals surface area contributed by atoms with Crippen LogP contribution in [0.3, 0.4) is 0 Å². The van der Waals surface area contributed by atoms with Crippen LogP contribution in [-0.2, 0) is 4.74 Å². The maximum Gasteiger partial charge on any atom is 0.0576 e. The average Bonchev–Trinajstić information content (AvgIpc) is 2.75. The predicted molar refractivity (Wildman–Crippen MR) is 65.1 cm³/mol. The van der Waals surface area contributed by atoms with Crippen LogP contribution in [0.1, 0.15) is 52.9 Å². The second-order valence-electron chi connectivity index (χ2n) is 4.76. The zero-order valence-corrected chi connectivity index (χ0v) is 10.6. The van der Waals surface area contributed by atoms with E-state index in [0.717, 1.165) is 19.1 Å². The summed E-state index contributed by atoms with van der Waals surface area (Å²) >= 11 is 0. The van der Waals surface area contributed by atoms with E-state index in [9.17, 15) is 0 Å². The van der Waals surface area contributed by atoms with Gasteiger partial charge in [-0.1, -0.05) is 20.8 Å². The molecule has 1 aliphatic rings. The Morgan fingerprint density at radius 1 is 1.40 bits per heavy atom. The van der Waals surface area contributed by atoms with E-state index in [1.54, 1.807) is 0 Å². The summed E-state index contributed by atoms with van der Waals surface area (Å²) in [4.78, 5) is 0. The van der Waals surface area contributed by atoms with Crippen molar-refractivity contribution >= 4 is 0 Å². The fourth-order valence-electron chi connectivity index (χ4n) is 2.53. The van der Waals surface area contributed by atoms with Crippen molar-refractivity contribution in [1.29, 1.82) is 0 Å². The predicted octanol–water partition coefficient (Wildman–Crippen LogP) is 2.97. The Morgan fingerprint density at radius 2 is 2.20 bits per heavy atom. The molecule has 0 radical (unpaired) electrons. The molecule has 90 valence electrons. The van der Waals surface area contributed by atoms with Crippen LogP contribution in [0.5, 0.6) is 0 Å². The number of ether oxygens (including phenoxy) is 1. The van der Waals surface area contributed by atoms with Crippen LogP contribution in [0, 0.1) is 5.92 Å². The lowest BCUT2D eigenvalue weighted by molar-refractivity contribution is 0.0967. The standard InChI is InChI=1S/C13H27NO/c1-4-13(14-5-2)11(3)8-9-12-7-6-10-15-12/h11-14H,4-10H2,1-3H3. The van der Waals surface area contributed by atoms with Gasteiger partial charge in [0.1, 0.15) is 0 Å². The summed E-state index contributed by atoms with van der Waals surface area (Å²) in [5, 5.41) is 3.57. The van der Waals surface area contributed by atoms with Gasteiger partial charge in [-0.3, -0.25) is 0 Å². The average molecular weight is 213 g/mol. The van der Waals surface area contributed by atoms with E-state index in [-0.39, 0.29) is 0 Å². The summed E-state index contributed by atoms with van der Waals surface area (Å²) < 4.78 is 5.66. The lowest BCUT2D eigenvalue weighted by atomic mass is 9.93. The lowest BCUT2D eigenvalue weighted by Gasteiger charge is -2.24. The molecular formula is C13H27NO. The number of hydrogen-bond donors (Lipinski definition) is 1. The lowest BCUT2D eigenvalue weighted by Crippen LogP contribution is -2.34. The maximum atomic E-state index is 5.66. The third-order valence-electron chi connectivity index (χ3n) is 3.56. The molecule has 0 bridgehead atoms. The Hall–Kier alpha value is -0.0800. The molecule has 0 aromatic carbocycles. The number of hydrogen-bond acceptors (Lipinski definition) is 2. The van der Waals surface area contributed by atoms with Crippen LogP contribution in [0.4, 0.5) is 0 Å². The van der Waals surface area contributed by atoms with Crippen molar-refractivity contribution in [3.63, 3.8) is 0 Å². The molecule has 1 N–H and O–H groups in total. The van der Waals surface area contributed by atoms with Gasteiger partial charge in [-0.2, -0.15) is 0 Å². The quantitative estimate of drug-likeness (QED) is 0.702. The Balaban J connectivity index is 2.17. The Morgan fingerprint density at radius 3 is 2.73 bits per heavy atom. The highest BCUT2D eigenvalue weighted by Crippen LogP contribution is 2.21. The first-order valence-electron chi connectivity index (χ1n) is 6.62. The van der Waals surface area contributed by atoms with Crippen molar-refractivity contribution in [3.05, 3.63) is 0 Å². The van der Waals surface area contributed by atoms with Crippen molar-refractivity contribution in [2.75, 3.05) is 13.2 Å². The highest BCUT2D eigenvalue weighted by Gasteiger charge is 2.19. The molecule has 1 rings (SSSR count). The zero-order chi connectivity index (χ0) is 11.1. The van der Waals surface area contributed by atoms with E-state index in [1.807, 2.05) is 0 Å². The fraction of sp³-hybridized carbons (Fsp3) is 1.00. The third-order valence-corrected chi connectivity index (χ3v) is 3.56. The third kappa shape index (κ3) is 4.52. The molecule has 0 amide bonds. The fourth-order valence-corrected chi connectivity index (χ4v) is 2.53. The topological polar surface area (TPSA) is 21.3 Å². The highest BCUT2D eigenvalue weighted by molar-refractivity contribution is 4.74. The minimum Gasteiger partial charge on any atom is -0.378 e. The first-order valence-corrected chi connectivity index (χ1v) is 6.62. The summed E-state index contributed by atoms with van der Waals surface area (Å²) in [5.41, 5.74) is 0. The summed E-state index contributed by atoms with van der Waals surface area (Å²) in [6, 6.07) is 0.691. The van der Waals surface area contributed by atoms with Crippen molar-refractivity contribution in [2.24, 2.45) is 5.92 Å². The Labute approximate surface area is 94.8 Å². The van der Waals surface area contributed by atoms with Gasteiger partial charge in [0.25, 0.3) is 0 Å². The van der Waals surface area contributed by atoms with Gasteiger partial charge in [-0.05, 0) is 44.6 Å². The second-order valence-corrected chi connectivity index (χ2v) is 4.76. The molecular weight excluding hydrogens is 186 g/mol. The molecule has 0 aromatic heterocycles. The molecule has 15 heavy (non-hydrogen) atoms. The van der Waals surface area contributed by atoms with Gasteiger partial charge in [0.05, 0.1) is 6.10 Å². The molecule has 1 aliphatic heterocycles. The van der Waals surface area contributed by atoms with Crippen LogP contribution in [0.25, 0.3) is 0 Å². The van der Waals surface area contributed by atoms with Crippen molar-refractivity contribution in [3.8, 4) is 0 Å². The smallest absolute Gasteiger partial charge is 0.0576 e. The maximum absolute atomic E-state index is 5.66. The van der Waals surface area contributed by atoms with E-state index >= 15 is 0 Å². The molecule has 2 heteroatoms. The largest absolute Gasteiger partial charge is 0.378 e. The summed E-state index contributed by atoms with van der Waals surface area (Å²) in [5.74, 6) is 0.777. The van der Waals surface area contributed by atoms with Crippen molar-refractivity contribution < 1.29 is 4.74 Å². The molecule has 3 atom stereocenters. The van der Waals surface area contributed by atoms with Crippen LogP contribution in [0.2, 0.25) is 0 Å². The minimum atomic E-state index is 0.562. The SMILES string of the molecule is CCNC(CC)C(C)CCC1CCCO1. The summed E-state index contributed by atoms with van der Waals surface area (Å²) in [7, 11) is 0. The van der Waals surface area contributed by atoms with Gasteiger partial charge in [0.15, 0.2) is 0 Å². The van der Waals surface area contributed by atoms with Crippen LogP contribution in [-0.4, -0.2) is 25.3 Å². The van der Waals surface area contributed by atoms with Crippen LogP contribution in [0.15, 0.2) is 0 Å². The normalized spacial score (nSPS) is 25.4. The van der Waals surface area contributed by atoms with E-state index in [4.69, 9.17) is 4.74 Å². The molecule has 3 unspecified atom stereocenters. The van der Waals surface area contributed by atoms with Crippen molar-refractivity contribution in [2.45, 2.75) is 65.0 Å². The van der Waals surface area contributed by atoms with E-state index < -0.39 is 0 Å². The first-order chi connectivity index (χ1) is 7.27. The zero-order valence-electron chi connectivity index (χ0n) is 10.6. The van der Waals surface area contributed by atoms with Gasteiger partial charge < -0.3 is 10.1 Å². The molecule has 0 aromatic rings.